The third-order valence-corrected chi connectivity index (χ3v) is 5.02. The van der Waals surface area contributed by atoms with E-state index in [9.17, 15) is 14.7 Å². The summed E-state index contributed by atoms with van der Waals surface area (Å²) in [5.74, 6) is 0.0452. The molecular weight excluding hydrogens is 364 g/mol. The summed E-state index contributed by atoms with van der Waals surface area (Å²) >= 11 is 0. The van der Waals surface area contributed by atoms with Crippen LogP contribution in [0.3, 0.4) is 0 Å². The number of hydrogen-bond acceptors (Lipinski definition) is 6. The SMILES string of the molecule is COc1cc(C(=O)N2CCC[C@@H](C(=O)O)C2)ccc1OCc1c(C)noc1C. The summed E-state index contributed by atoms with van der Waals surface area (Å²) in [4.78, 5) is 25.6. The van der Waals surface area contributed by atoms with Gasteiger partial charge in [0.2, 0.25) is 0 Å². The minimum atomic E-state index is -0.863. The number of amides is 1. The molecule has 8 nitrogen and oxygen atoms in total. The summed E-state index contributed by atoms with van der Waals surface area (Å²) in [6, 6.07) is 4.97. The first-order valence-electron chi connectivity index (χ1n) is 9.15. The number of piperidine rings is 1. The molecule has 0 aliphatic carbocycles. The zero-order chi connectivity index (χ0) is 20.3. The van der Waals surface area contributed by atoms with E-state index in [1.165, 1.54) is 7.11 Å². The van der Waals surface area contributed by atoms with Gasteiger partial charge < -0.3 is 24.0 Å². The largest absolute Gasteiger partial charge is 0.493 e. The van der Waals surface area contributed by atoms with Crippen LogP contribution in [0.15, 0.2) is 22.7 Å². The second-order valence-electron chi connectivity index (χ2n) is 6.89. The van der Waals surface area contributed by atoms with E-state index in [2.05, 4.69) is 5.16 Å². The fraction of sp³-hybridized carbons (Fsp3) is 0.450. The molecule has 1 fully saturated rings. The molecule has 0 spiro atoms. The van der Waals surface area contributed by atoms with Crippen LogP contribution in [0.4, 0.5) is 0 Å². The molecule has 150 valence electrons. The number of hydrogen-bond donors (Lipinski definition) is 1. The summed E-state index contributed by atoms with van der Waals surface area (Å²) in [7, 11) is 1.51. The van der Waals surface area contributed by atoms with Gasteiger partial charge in [0, 0.05) is 18.7 Å². The molecule has 0 unspecified atom stereocenters. The Hall–Kier alpha value is -3.03. The van der Waals surface area contributed by atoms with Gasteiger partial charge in [-0.2, -0.15) is 0 Å². The van der Waals surface area contributed by atoms with Crippen molar-refractivity contribution >= 4 is 11.9 Å². The monoisotopic (exact) mass is 388 g/mol. The molecular formula is C20H24N2O6. The first-order chi connectivity index (χ1) is 13.4. The van der Waals surface area contributed by atoms with E-state index >= 15 is 0 Å². The molecule has 3 rings (SSSR count). The number of nitrogens with zero attached hydrogens (tertiary/aromatic N) is 2. The normalized spacial score (nSPS) is 16.7. The van der Waals surface area contributed by atoms with Crippen molar-refractivity contribution < 1.29 is 28.7 Å². The van der Waals surface area contributed by atoms with Gasteiger partial charge in [-0.25, -0.2) is 0 Å². The first kappa shape index (κ1) is 19.7. The van der Waals surface area contributed by atoms with Crippen LogP contribution in [0.25, 0.3) is 0 Å². The van der Waals surface area contributed by atoms with E-state index in [1.54, 1.807) is 23.1 Å². The van der Waals surface area contributed by atoms with E-state index in [-0.39, 0.29) is 19.1 Å². The molecule has 28 heavy (non-hydrogen) atoms. The zero-order valence-electron chi connectivity index (χ0n) is 16.2. The zero-order valence-corrected chi connectivity index (χ0v) is 16.2. The number of aromatic nitrogens is 1. The molecule has 1 aromatic carbocycles. The Morgan fingerprint density at radius 3 is 2.75 bits per heavy atom. The molecule has 1 N–H and O–H groups in total. The summed E-state index contributed by atoms with van der Waals surface area (Å²) in [5.41, 5.74) is 2.07. The maximum atomic E-state index is 12.8. The van der Waals surface area contributed by atoms with E-state index in [4.69, 9.17) is 14.0 Å². The van der Waals surface area contributed by atoms with Gasteiger partial charge in [-0.1, -0.05) is 5.16 Å². The van der Waals surface area contributed by atoms with Gasteiger partial charge in [-0.05, 0) is 44.9 Å². The van der Waals surface area contributed by atoms with Crippen molar-refractivity contribution in [1.82, 2.24) is 10.1 Å². The number of benzene rings is 1. The Kier molecular flexibility index (Phi) is 5.87. The third kappa shape index (κ3) is 4.11. The average Bonchev–Trinajstić information content (AvgIpc) is 3.03. The Bertz CT molecular complexity index is 856. The van der Waals surface area contributed by atoms with Gasteiger partial charge in [0.1, 0.15) is 12.4 Å². The lowest BCUT2D eigenvalue weighted by Gasteiger charge is -2.30. The van der Waals surface area contributed by atoms with Crippen LogP contribution in [0.5, 0.6) is 11.5 Å². The highest BCUT2D eigenvalue weighted by Crippen LogP contribution is 2.30. The van der Waals surface area contributed by atoms with Gasteiger partial charge in [0.15, 0.2) is 11.5 Å². The maximum absolute atomic E-state index is 12.8. The van der Waals surface area contributed by atoms with Crippen molar-refractivity contribution in [3.05, 3.63) is 40.8 Å². The Morgan fingerprint density at radius 1 is 1.32 bits per heavy atom. The summed E-state index contributed by atoms with van der Waals surface area (Å²) in [6.07, 6.45) is 1.27. The van der Waals surface area contributed by atoms with Crippen molar-refractivity contribution in [3.63, 3.8) is 0 Å². The topological polar surface area (TPSA) is 102 Å². The molecule has 1 saturated heterocycles. The van der Waals surface area contributed by atoms with Crippen molar-refractivity contribution in [2.24, 2.45) is 5.92 Å². The molecule has 2 aromatic rings. The van der Waals surface area contributed by atoms with Gasteiger partial charge in [-0.15, -0.1) is 0 Å². The van der Waals surface area contributed by atoms with Crippen molar-refractivity contribution in [2.75, 3.05) is 20.2 Å². The van der Waals surface area contributed by atoms with Crippen molar-refractivity contribution in [1.29, 1.82) is 0 Å². The van der Waals surface area contributed by atoms with E-state index in [0.29, 0.717) is 42.2 Å². The molecule has 1 aliphatic rings. The number of carboxylic acids is 1. The number of methoxy groups -OCH3 is 1. The second-order valence-corrected chi connectivity index (χ2v) is 6.89. The molecule has 2 heterocycles. The molecule has 0 bridgehead atoms. The first-order valence-corrected chi connectivity index (χ1v) is 9.15. The fourth-order valence-corrected chi connectivity index (χ4v) is 3.32. The van der Waals surface area contributed by atoms with Crippen LogP contribution in [-0.4, -0.2) is 47.2 Å². The van der Waals surface area contributed by atoms with Crippen LogP contribution in [0.2, 0.25) is 0 Å². The number of aliphatic carboxylic acids is 1. The Morgan fingerprint density at radius 2 is 2.11 bits per heavy atom. The van der Waals surface area contributed by atoms with Gasteiger partial charge in [0.05, 0.1) is 24.3 Å². The lowest BCUT2D eigenvalue weighted by atomic mass is 9.97. The summed E-state index contributed by atoms with van der Waals surface area (Å²) in [5, 5.41) is 13.1. The number of carboxylic acid groups (broad SMARTS) is 1. The van der Waals surface area contributed by atoms with Crippen LogP contribution >= 0.6 is 0 Å². The number of likely N-dealkylation sites (tertiary alicyclic amines) is 1. The minimum absolute atomic E-state index is 0.207. The highest BCUT2D eigenvalue weighted by Gasteiger charge is 2.29. The van der Waals surface area contributed by atoms with E-state index < -0.39 is 11.9 Å². The summed E-state index contributed by atoms with van der Waals surface area (Å²) in [6.45, 7) is 4.71. The molecule has 1 amide bonds. The molecule has 0 saturated carbocycles. The van der Waals surface area contributed by atoms with Crippen LogP contribution in [0, 0.1) is 19.8 Å². The van der Waals surface area contributed by atoms with Crippen molar-refractivity contribution in [2.45, 2.75) is 33.3 Å². The van der Waals surface area contributed by atoms with Gasteiger partial charge in [0.25, 0.3) is 5.91 Å². The number of rotatable bonds is 6. The quantitative estimate of drug-likeness (QED) is 0.812. The summed E-state index contributed by atoms with van der Waals surface area (Å²) < 4.78 is 16.3. The van der Waals surface area contributed by atoms with Crippen LogP contribution in [-0.2, 0) is 11.4 Å². The fourth-order valence-electron chi connectivity index (χ4n) is 3.32. The lowest BCUT2D eigenvalue weighted by molar-refractivity contribution is -0.143. The lowest BCUT2D eigenvalue weighted by Crippen LogP contribution is -2.42. The predicted octanol–water partition coefficient (Wildman–Crippen LogP) is 2.82. The number of carbonyl (C=O) groups is 2. The highest BCUT2D eigenvalue weighted by atomic mass is 16.5. The standard InChI is InChI=1S/C20H24N2O6/c1-12-16(13(2)28-21-12)11-27-17-7-6-14(9-18(17)26-3)19(23)22-8-4-5-15(10-22)20(24)25/h6-7,9,15H,4-5,8,10-11H2,1-3H3,(H,24,25)/t15-/m1/s1. The molecule has 8 heteroatoms. The average molecular weight is 388 g/mol. The Balaban J connectivity index is 1.73. The van der Waals surface area contributed by atoms with Gasteiger partial charge >= 0.3 is 5.97 Å². The second kappa shape index (κ2) is 8.33. The number of ether oxygens (including phenoxy) is 2. The van der Waals surface area contributed by atoms with Gasteiger partial charge in [-0.3, -0.25) is 9.59 Å². The third-order valence-electron chi connectivity index (χ3n) is 5.02. The highest BCUT2D eigenvalue weighted by molar-refractivity contribution is 5.95. The van der Waals surface area contributed by atoms with Crippen LogP contribution in [0.1, 0.15) is 40.2 Å². The minimum Gasteiger partial charge on any atom is -0.493 e. The number of carbonyl (C=O) groups excluding carboxylic acids is 1. The smallest absolute Gasteiger partial charge is 0.308 e. The van der Waals surface area contributed by atoms with Crippen LogP contribution < -0.4 is 9.47 Å². The molecule has 1 aromatic heterocycles. The molecule has 1 atom stereocenters. The van der Waals surface area contributed by atoms with Crippen molar-refractivity contribution in [3.8, 4) is 11.5 Å². The maximum Gasteiger partial charge on any atom is 0.308 e. The molecule has 0 radical (unpaired) electrons. The number of aryl methyl sites for hydroxylation is 2. The van der Waals surface area contributed by atoms with E-state index in [0.717, 1.165) is 11.3 Å². The Labute approximate surface area is 163 Å². The van der Waals surface area contributed by atoms with E-state index in [1.807, 2.05) is 13.8 Å². The predicted molar refractivity (Wildman–Crippen MR) is 99.6 cm³/mol. The molecule has 1 aliphatic heterocycles.